The summed E-state index contributed by atoms with van der Waals surface area (Å²) < 4.78 is 6.78. The van der Waals surface area contributed by atoms with Crippen molar-refractivity contribution in [2.45, 2.75) is 44.7 Å². The summed E-state index contributed by atoms with van der Waals surface area (Å²) in [7, 11) is 0. The summed E-state index contributed by atoms with van der Waals surface area (Å²) >= 11 is 0. The fraction of sp³-hybridized carbons (Fsp3) is 0.360. The first-order valence-corrected chi connectivity index (χ1v) is 11.6. The monoisotopic (exact) mass is 444 g/mol. The molecule has 0 radical (unpaired) electrons. The Balaban J connectivity index is 1.11. The van der Waals surface area contributed by atoms with Gasteiger partial charge in [-0.25, -0.2) is 9.31 Å². The number of benzene rings is 2. The predicted molar refractivity (Wildman–Crippen MR) is 126 cm³/mol. The third-order valence-corrected chi connectivity index (χ3v) is 6.28. The highest BCUT2D eigenvalue weighted by Gasteiger charge is 2.23. The molecule has 0 spiro atoms. The predicted octanol–water partition coefficient (Wildman–Crippen LogP) is 4.22. The molecule has 1 aliphatic heterocycles. The molecule has 8 heteroatoms. The van der Waals surface area contributed by atoms with Crippen molar-refractivity contribution in [3.8, 4) is 0 Å². The molecule has 2 aromatic carbocycles. The summed E-state index contributed by atoms with van der Waals surface area (Å²) in [4.78, 5) is 14.9. The Kier molecular flexibility index (Phi) is 6.44. The summed E-state index contributed by atoms with van der Waals surface area (Å²) in [6, 6.07) is 18.5. The van der Waals surface area contributed by atoms with Crippen LogP contribution in [0.2, 0.25) is 0 Å². The second kappa shape index (κ2) is 9.95. The average Bonchev–Trinajstić information content (AvgIpc) is 3.49. The Bertz CT molecular complexity index is 1190. The van der Waals surface area contributed by atoms with Gasteiger partial charge in [0.05, 0.1) is 12.2 Å². The Morgan fingerprint density at radius 1 is 1.00 bits per heavy atom. The third kappa shape index (κ3) is 5.28. The quantitative estimate of drug-likeness (QED) is 0.438. The van der Waals surface area contributed by atoms with Gasteiger partial charge in [-0.15, -0.1) is 0 Å². The van der Waals surface area contributed by atoms with Gasteiger partial charge >= 0.3 is 0 Å². The number of carbonyl (C=O) groups excluding carboxylic acids is 1. The Hall–Kier alpha value is -3.52. The Morgan fingerprint density at radius 2 is 1.82 bits per heavy atom. The van der Waals surface area contributed by atoms with E-state index in [2.05, 4.69) is 43.8 Å². The highest BCUT2D eigenvalue weighted by molar-refractivity contribution is 5.89. The minimum absolute atomic E-state index is 0.0443. The topological polar surface area (TPSA) is 89.1 Å². The number of aromatic nitrogens is 4. The molecule has 0 saturated carbocycles. The zero-order valence-electron chi connectivity index (χ0n) is 18.6. The first-order valence-electron chi connectivity index (χ1n) is 11.6. The fourth-order valence-corrected chi connectivity index (χ4v) is 4.51. The zero-order valence-corrected chi connectivity index (χ0v) is 18.6. The van der Waals surface area contributed by atoms with Gasteiger partial charge in [-0.2, -0.15) is 5.10 Å². The van der Waals surface area contributed by atoms with Crippen molar-refractivity contribution >= 4 is 22.8 Å². The van der Waals surface area contributed by atoms with Crippen molar-refractivity contribution in [2.75, 3.05) is 18.4 Å². The number of carbonyl (C=O) groups is 1. The van der Waals surface area contributed by atoms with Crippen molar-refractivity contribution in [1.82, 2.24) is 25.0 Å². The van der Waals surface area contributed by atoms with E-state index in [0.29, 0.717) is 6.42 Å². The van der Waals surface area contributed by atoms with Crippen LogP contribution in [0, 0.1) is 0 Å². The number of likely N-dealkylation sites (tertiary alicyclic amines) is 1. The van der Waals surface area contributed by atoms with E-state index >= 15 is 0 Å². The van der Waals surface area contributed by atoms with Gasteiger partial charge in [-0.3, -0.25) is 9.69 Å². The summed E-state index contributed by atoms with van der Waals surface area (Å²) in [6.07, 6.45) is 6.00. The molecule has 0 bridgehead atoms. The van der Waals surface area contributed by atoms with Crippen LogP contribution >= 0.6 is 0 Å². The van der Waals surface area contributed by atoms with E-state index < -0.39 is 0 Å². The van der Waals surface area contributed by atoms with E-state index in [1.165, 1.54) is 11.1 Å². The average molecular weight is 445 g/mol. The van der Waals surface area contributed by atoms with Gasteiger partial charge in [0.15, 0.2) is 0 Å². The zero-order chi connectivity index (χ0) is 22.5. The van der Waals surface area contributed by atoms with Crippen LogP contribution in [0.15, 0.2) is 65.4 Å². The third-order valence-electron chi connectivity index (χ3n) is 6.28. The highest BCUT2D eigenvalue weighted by Crippen LogP contribution is 2.26. The van der Waals surface area contributed by atoms with Gasteiger partial charge in [0.25, 0.3) is 0 Å². The lowest BCUT2D eigenvalue weighted by Gasteiger charge is -2.32. The molecule has 33 heavy (non-hydrogen) atoms. The molecule has 3 heterocycles. The molecule has 2 aromatic heterocycles. The number of amides is 1. The second-order valence-electron chi connectivity index (χ2n) is 8.64. The maximum Gasteiger partial charge on any atom is 0.225 e. The Labute approximate surface area is 192 Å². The number of rotatable bonds is 8. The molecular formula is C25H28N6O2. The maximum absolute atomic E-state index is 12.5. The van der Waals surface area contributed by atoms with Crippen LogP contribution in [-0.2, 0) is 17.8 Å². The molecular weight excluding hydrogens is 416 g/mol. The van der Waals surface area contributed by atoms with Crippen molar-refractivity contribution in [1.29, 1.82) is 0 Å². The molecule has 0 aliphatic carbocycles. The van der Waals surface area contributed by atoms with Crippen molar-refractivity contribution < 1.29 is 9.42 Å². The van der Waals surface area contributed by atoms with Crippen LogP contribution in [0.4, 0.5) is 5.82 Å². The van der Waals surface area contributed by atoms with Crippen LogP contribution in [0.1, 0.15) is 42.9 Å². The number of anilines is 1. The summed E-state index contributed by atoms with van der Waals surface area (Å²) in [6.45, 7) is 2.83. The van der Waals surface area contributed by atoms with E-state index in [1.807, 2.05) is 41.1 Å². The molecule has 0 atom stereocenters. The molecule has 1 N–H and O–H groups in total. The molecule has 170 valence electrons. The van der Waals surface area contributed by atoms with Crippen LogP contribution in [0.25, 0.3) is 11.0 Å². The van der Waals surface area contributed by atoms with Crippen molar-refractivity contribution in [3.63, 3.8) is 0 Å². The normalized spacial score (nSPS) is 15.2. The van der Waals surface area contributed by atoms with Gasteiger partial charge in [0.2, 0.25) is 5.91 Å². The number of nitrogens with zero attached hydrogens (tertiary/aromatic N) is 5. The first-order chi connectivity index (χ1) is 16.2. The number of piperidine rings is 1. The van der Waals surface area contributed by atoms with Crippen LogP contribution in [0.5, 0.6) is 0 Å². The highest BCUT2D eigenvalue weighted by atomic mass is 16.6. The smallest absolute Gasteiger partial charge is 0.225 e. The lowest BCUT2D eigenvalue weighted by Crippen LogP contribution is -2.35. The Morgan fingerprint density at radius 3 is 2.67 bits per heavy atom. The van der Waals surface area contributed by atoms with E-state index in [0.717, 1.165) is 62.2 Å². The lowest BCUT2D eigenvalue weighted by molar-refractivity contribution is -0.116. The number of fused-ring (bicyclic) bond motifs is 1. The van der Waals surface area contributed by atoms with Gasteiger partial charge in [-0.1, -0.05) is 36.4 Å². The number of hydrogen-bond acceptors (Lipinski definition) is 6. The van der Waals surface area contributed by atoms with E-state index in [-0.39, 0.29) is 11.9 Å². The van der Waals surface area contributed by atoms with Gasteiger partial charge in [0, 0.05) is 32.1 Å². The van der Waals surface area contributed by atoms with Crippen LogP contribution in [-0.4, -0.2) is 44.0 Å². The van der Waals surface area contributed by atoms with Crippen molar-refractivity contribution in [3.05, 3.63) is 71.9 Å². The lowest BCUT2D eigenvalue weighted by atomic mass is 10.0. The summed E-state index contributed by atoms with van der Waals surface area (Å²) in [5.74, 6) is 0.838. The van der Waals surface area contributed by atoms with Crippen LogP contribution < -0.4 is 5.32 Å². The first kappa shape index (κ1) is 21.3. The maximum atomic E-state index is 12.5. The molecule has 1 saturated heterocycles. The minimum Gasteiger partial charge on any atom is -0.311 e. The molecule has 1 amide bonds. The molecule has 8 nitrogen and oxygen atoms in total. The number of hydrogen-bond donors (Lipinski definition) is 1. The van der Waals surface area contributed by atoms with Gasteiger partial charge in [-0.05, 0) is 59.3 Å². The fourth-order valence-electron chi connectivity index (χ4n) is 4.51. The van der Waals surface area contributed by atoms with Gasteiger partial charge in [0.1, 0.15) is 16.9 Å². The SMILES string of the molecule is O=C(CCCc1ccccc1)Nc1ccnn1C1CCN(Cc2ccc3nonc3c2)CC1. The van der Waals surface area contributed by atoms with Crippen LogP contribution in [0.3, 0.4) is 0 Å². The molecule has 0 unspecified atom stereocenters. The molecule has 1 fully saturated rings. The standard InChI is InChI=1S/C25H28N6O2/c32-25(8-4-7-19-5-2-1-3-6-19)27-24-11-14-26-31(24)21-12-15-30(16-13-21)18-20-9-10-22-23(17-20)29-33-28-22/h1-3,5-6,9-11,14,17,21H,4,7-8,12-13,15-16,18H2,(H,27,32). The van der Waals surface area contributed by atoms with E-state index in [4.69, 9.17) is 4.63 Å². The van der Waals surface area contributed by atoms with E-state index in [9.17, 15) is 4.79 Å². The molecule has 1 aliphatic rings. The largest absolute Gasteiger partial charge is 0.311 e. The van der Waals surface area contributed by atoms with Crippen molar-refractivity contribution in [2.24, 2.45) is 0 Å². The second-order valence-corrected chi connectivity index (χ2v) is 8.64. The minimum atomic E-state index is 0.0443. The number of nitrogens with one attached hydrogen (secondary N) is 1. The number of aryl methyl sites for hydroxylation is 1. The summed E-state index contributed by atoms with van der Waals surface area (Å²) in [5, 5.41) is 15.4. The molecule has 4 aromatic rings. The van der Waals surface area contributed by atoms with Gasteiger partial charge < -0.3 is 5.32 Å². The molecule has 5 rings (SSSR count). The van der Waals surface area contributed by atoms with E-state index in [1.54, 1.807) is 6.20 Å². The summed E-state index contributed by atoms with van der Waals surface area (Å²) in [5.41, 5.74) is 4.05.